The van der Waals surface area contributed by atoms with E-state index in [1.165, 1.54) is 0 Å². The molecule has 0 radical (unpaired) electrons. The molecule has 2 heterocycles. The molecule has 0 aromatic rings. The molecule has 2 aliphatic heterocycles. The Bertz CT molecular complexity index is 232. The van der Waals surface area contributed by atoms with Gasteiger partial charge in [0.1, 0.15) is 0 Å². The molecular weight excluding hydrogens is 162 g/mol. The van der Waals surface area contributed by atoms with E-state index in [1.807, 2.05) is 0 Å². The Hall–Kier alpha value is -0.710. The van der Waals surface area contributed by atoms with E-state index in [9.17, 15) is 4.79 Å². The molecule has 4 nitrogen and oxygen atoms in total. The molecule has 60 valence electrons. The van der Waals surface area contributed by atoms with Gasteiger partial charge in [0.05, 0.1) is 0 Å². The number of rotatable bonds is 0. The standard InChI is InChI=1S/C6H9N3OS/c7-5-8-4(10)6(9-5)1-2-11-3-6/h1-3H2,(H3,7,8,9,10). The zero-order valence-corrected chi connectivity index (χ0v) is 6.78. The maximum atomic E-state index is 11.3. The molecule has 1 unspecified atom stereocenters. The number of nitrogens with zero attached hydrogens (tertiary/aromatic N) is 1. The molecular formula is C6H9N3OS. The SMILES string of the molecule is NC1=NC2(CCSC2)C(=O)N1. The van der Waals surface area contributed by atoms with E-state index >= 15 is 0 Å². The third-order valence-corrected chi connectivity index (χ3v) is 3.17. The van der Waals surface area contributed by atoms with Crippen LogP contribution in [0.4, 0.5) is 0 Å². The lowest BCUT2D eigenvalue weighted by molar-refractivity contribution is -0.122. The van der Waals surface area contributed by atoms with Gasteiger partial charge in [0.25, 0.3) is 5.91 Å². The second-order valence-corrected chi connectivity index (χ2v) is 3.89. The van der Waals surface area contributed by atoms with Crippen molar-refractivity contribution in [3.63, 3.8) is 0 Å². The fourth-order valence-electron chi connectivity index (χ4n) is 1.36. The quantitative estimate of drug-likeness (QED) is 0.507. The molecule has 0 bridgehead atoms. The van der Waals surface area contributed by atoms with Crippen LogP contribution in [0.15, 0.2) is 4.99 Å². The monoisotopic (exact) mass is 171 g/mol. The predicted octanol–water partition coefficient (Wildman–Crippen LogP) is -0.693. The zero-order valence-electron chi connectivity index (χ0n) is 5.96. The van der Waals surface area contributed by atoms with E-state index in [4.69, 9.17) is 5.73 Å². The van der Waals surface area contributed by atoms with Gasteiger partial charge in [-0.2, -0.15) is 11.8 Å². The van der Waals surface area contributed by atoms with E-state index in [-0.39, 0.29) is 11.9 Å². The summed E-state index contributed by atoms with van der Waals surface area (Å²) >= 11 is 1.75. The lowest BCUT2D eigenvalue weighted by Crippen LogP contribution is -2.40. The summed E-state index contributed by atoms with van der Waals surface area (Å²) in [4.78, 5) is 15.4. The van der Waals surface area contributed by atoms with Gasteiger partial charge < -0.3 is 5.73 Å². The van der Waals surface area contributed by atoms with Crippen molar-refractivity contribution in [1.82, 2.24) is 5.32 Å². The molecule has 1 saturated heterocycles. The predicted molar refractivity (Wildman–Crippen MR) is 44.4 cm³/mol. The van der Waals surface area contributed by atoms with E-state index in [0.29, 0.717) is 0 Å². The first-order valence-corrected chi connectivity index (χ1v) is 4.63. The van der Waals surface area contributed by atoms with Gasteiger partial charge >= 0.3 is 0 Å². The van der Waals surface area contributed by atoms with Crippen molar-refractivity contribution in [1.29, 1.82) is 0 Å². The van der Waals surface area contributed by atoms with Crippen LogP contribution in [0, 0.1) is 0 Å². The van der Waals surface area contributed by atoms with Crippen LogP contribution in [0.25, 0.3) is 0 Å². The van der Waals surface area contributed by atoms with Crippen molar-refractivity contribution in [2.75, 3.05) is 11.5 Å². The zero-order chi connectivity index (χ0) is 7.90. The van der Waals surface area contributed by atoms with Crippen LogP contribution < -0.4 is 11.1 Å². The van der Waals surface area contributed by atoms with Crippen LogP contribution in [0.5, 0.6) is 0 Å². The number of aliphatic imine (C=N–C) groups is 1. The molecule has 0 aromatic heterocycles. The largest absolute Gasteiger partial charge is 0.370 e. The molecule has 5 heteroatoms. The van der Waals surface area contributed by atoms with Gasteiger partial charge in [-0.15, -0.1) is 0 Å². The summed E-state index contributed by atoms with van der Waals surface area (Å²) in [5.74, 6) is 2.03. The first-order chi connectivity index (χ1) is 5.23. The number of guanidine groups is 1. The highest BCUT2D eigenvalue weighted by Gasteiger charge is 2.45. The Morgan fingerprint density at radius 2 is 2.55 bits per heavy atom. The highest BCUT2D eigenvalue weighted by molar-refractivity contribution is 7.99. The second-order valence-electron chi connectivity index (χ2n) is 2.79. The number of amides is 1. The van der Waals surface area contributed by atoms with Crippen molar-refractivity contribution < 1.29 is 4.79 Å². The Labute approximate surface area is 68.6 Å². The Kier molecular flexibility index (Phi) is 1.35. The number of hydrogen-bond acceptors (Lipinski definition) is 4. The number of carbonyl (C=O) groups is 1. The lowest BCUT2D eigenvalue weighted by atomic mass is 10.0. The van der Waals surface area contributed by atoms with Crippen LogP contribution in [0.1, 0.15) is 6.42 Å². The molecule has 1 fully saturated rings. The first-order valence-electron chi connectivity index (χ1n) is 3.47. The van der Waals surface area contributed by atoms with Crippen molar-refractivity contribution in [2.24, 2.45) is 10.7 Å². The lowest BCUT2D eigenvalue weighted by Gasteiger charge is -2.12. The van der Waals surface area contributed by atoms with Crippen molar-refractivity contribution in [2.45, 2.75) is 12.0 Å². The number of thioether (sulfide) groups is 1. The number of nitrogens with two attached hydrogens (primary N) is 1. The molecule has 0 aliphatic carbocycles. The smallest absolute Gasteiger partial charge is 0.255 e. The number of nitrogens with one attached hydrogen (secondary N) is 1. The molecule has 2 rings (SSSR count). The summed E-state index contributed by atoms with van der Waals surface area (Å²) in [7, 11) is 0. The second kappa shape index (κ2) is 2.14. The van der Waals surface area contributed by atoms with Crippen LogP contribution in [-0.2, 0) is 4.79 Å². The summed E-state index contributed by atoms with van der Waals surface area (Å²) in [5.41, 5.74) is 4.88. The highest BCUT2D eigenvalue weighted by Crippen LogP contribution is 2.33. The number of hydrogen-bond donors (Lipinski definition) is 2. The number of carbonyl (C=O) groups excluding carboxylic acids is 1. The summed E-state index contributed by atoms with van der Waals surface area (Å²) in [6.45, 7) is 0. The minimum atomic E-state index is -0.505. The minimum Gasteiger partial charge on any atom is -0.370 e. The van der Waals surface area contributed by atoms with Gasteiger partial charge in [0, 0.05) is 5.75 Å². The van der Waals surface area contributed by atoms with Crippen LogP contribution in [0.3, 0.4) is 0 Å². The van der Waals surface area contributed by atoms with Crippen LogP contribution in [0.2, 0.25) is 0 Å². The maximum Gasteiger partial charge on any atom is 0.255 e. The molecule has 2 aliphatic rings. The van der Waals surface area contributed by atoms with Gasteiger partial charge in [-0.3, -0.25) is 10.1 Å². The molecule has 1 atom stereocenters. The molecule has 0 saturated carbocycles. The maximum absolute atomic E-state index is 11.3. The van der Waals surface area contributed by atoms with Gasteiger partial charge in [-0.05, 0) is 12.2 Å². The average Bonchev–Trinajstić information content (AvgIpc) is 2.45. The van der Waals surface area contributed by atoms with E-state index in [0.717, 1.165) is 17.9 Å². The van der Waals surface area contributed by atoms with E-state index in [2.05, 4.69) is 10.3 Å². The first kappa shape index (κ1) is 6.97. The Morgan fingerprint density at radius 1 is 1.73 bits per heavy atom. The van der Waals surface area contributed by atoms with Crippen molar-refractivity contribution in [3.8, 4) is 0 Å². The molecule has 3 N–H and O–H groups in total. The molecule has 11 heavy (non-hydrogen) atoms. The third-order valence-electron chi connectivity index (χ3n) is 2.00. The molecule has 0 aromatic carbocycles. The van der Waals surface area contributed by atoms with Crippen molar-refractivity contribution in [3.05, 3.63) is 0 Å². The van der Waals surface area contributed by atoms with Crippen LogP contribution in [-0.4, -0.2) is 28.9 Å². The van der Waals surface area contributed by atoms with E-state index < -0.39 is 5.54 Å². The van der Waals surface area contributed by atoms with Gasteiger partial charge in [0.2, 0.25) is 0 Å². The summed E-state index contributed by atoms with van der Waals surface area (Å²) in [5, 5.41) is 2.52. The third kappa shape index (κ3) is 0.910. The molecule has 1 amide bonds. The minimum absolute atomic E-state index is 0.0278. The Morgan fingerprint density at radius 3 is 3.00 bits per heavy atom. The van der Waals surface area contributed by atoms with Crippen LogP contribution >= 0.6 is 11.8 Å². The summed E-state index contributed by atoms with van der Waals surface area (Å²) in [6.07, 6.45) is 0.824. The highest BCUT2D eigenvalue weighted by atomic mass is 32.2. The average molecular weight is 171 g/mol. The fraction of sp³-hybridized carbons (Fsp3) is 0.667. The van der Waals surface area contributed by atoms with Gasteiger partial charge in [0.15, 0.2) is 11.5 Å². The van der Waals surface area contributed by atoms with Gasteiger partial charge in [-0.1, -0.05) is 0 Å². The van der Waals surface area contributed by atoms with Crippen molar-refractivity contribution >= 4 is 23.6 Å². The normalized spacial score (nSPS) is 36.0. The Balaban J connectivity index is 2.30. The summed E-state index contributed by atoms with van der Waals surface area (Å²) < 4.78 is 0. The topological polar surface area (TPSA) is 67.5 Å². The molecule has 1 spiro atoms. The summed E-state index contributed by atoms with van der Waals surface area (Å²) in [6, 6.07) is 0. The van der Waals surface area contributed by atoms with Gasteiger partial charge in [-0.25, -0.2) is 4.99 Å². The van der Waals surface area contributed by atoms with E-state index in [1.54, 1.807) is 11.8 Å². The fourth-order valence-corrected chi connectivity index (χ4v) is 2.67.